The Labute approximate surface area is 163 Å². The molecule has 0 aliphatic heterocycles. The van der Waals surface area contributed by atoms with Crippen LogP contribution in [0, 0.1) is 11.3 Å². The van der Waals surface area contributed by atoms with Crippen LogP contribution in [0.3, 0.4) is 0 Å². The fourth-order valence-corrected chi connectivity index (χ4v) is 4.41. The molecule has 5 heteroatoms. The molecule has 1 fully saturated rings. The molecule has 0 bridgehead atoms. The monoisotopic (exact) mass is 367 g/mol. The molecular weight excluding hydrogens is 346 g/mol. The quantitative estimate of drug-likeness (QED) is 0.478. The van der Waals surface area contributed by atoms with Gasteiger partial charge in [0.2, 0.25) is 0 Å². The first-order valence-electron chi connectivity index (χ1n) is 9.86. The van der Waals surface area contributed by atoms with Crippen LogP contribution in [0.2, 0.25) is 0 Å². The van der Waals surface area contributed by atoms with Crippen molar-refractivity contribution in [2.45, 2.75) is 38.1 Å². The van der Waals surface area contributed by atoms with Crippen LogP contribution in [0.1, 0.15) is 43.7 Å². The summed E-state index contributed by atoms with van der Waals surface area (Å²) in [5.74, 6) is 0.990. The zero-order valence-electron chi connectivity index (χ0n) is 15.6. The Balaban J connectivity index is 1.76. The van der Waals surface area contributed by atoms with Gasteiger partial charge in [-0.2, -0.15) is 5.26 Å². The van der Waals surface area contributed by atoms with Gasteiger partial charge in [0.1, 0.15) is 17.0 Å². The minimum atomic E-state index is 0.451. The minimum absolute atomic E-state index is 0.451. The highest BCUT2D eigenvalue weighted by molar-refractivity contribution is 6.02. The van der Waals surface area contributed by atoms with E-state index >= 15 is 0 Å². The maximum Gasteiger partial charge on any atom is 0.141 e. The molecule has 3 aromatic heterocycles. The summed E-state index contributed by atoms with van der Waals surface area (Å²) in [5, 5.41) is 9.97. The molecule has 0 radical (unpaired) electrons. The van der Waals surface area contributed by atoms with Crippen LogP contribution in [-0.4, -0.2) is 19.5 Å². The number of rotatable bonds is 3. The van der Waals surface area contributed by atoms with Crippen LogP contribution in [0.5, 0.6) is 0 Å². The number of nitriles is 1. The van der Waals surface area contributed by atoms with E-state index in [2.05, 4.69) is 38.8 Å². The predicted octanol–water partition coefficient (Wildman–Crippen LogP) is 5.62. The number of H-pyrrole nitrogens is 1. The number of allylic oxidation sites excluding steroid dienone is 1. The Kier molecular flexibility index (Phi) is 4.17. The Morgan fingerprint density at radius 1 is 1.18 bits per heavy atom. The molecule has 28 heavy (non-hydrogen) atoms. The average molecular weight is 367 g/mol. The third-order valence-corrected chi connectivity index (χ3v) is 5.67. The number of aromatic amines is 1. The summed E-state index contributed by atoms with van der Waals surface area (Å²) in [6.07, 6.45) is 13.4. The first-order chi connectivity index (χ1) is 13.8. The van der Waals surface area contributed by atoms with Crippen molar-refractivity contribution < 1.29 is 0 Å². The van der Waals surface area contributed by atoms with Gasteiger partial charge in [-0.15, -0.1) is 0 Å². The molecule has 1 N–H and O–H groups in total. The summed E-state index contributed by atoms with van der Waals surface area (Å²) in [5.41, 5.74) is 5.09. The number of aromatic nitrogens is 4. The summed E-state index contributed by atoms with van der Waals surface area (Å²) in [4.78, 5) is 12.8. The van der Waals surface area contributed by atoms with E-state index in [4.69, 9.17) is 10.2 Å². The molecule has 0 atom stereocenters. The van der Waals surface area contributed by atoms with Crippen molar-refractivity contribution in [3.05, 3.63) is 54.4 Å². The molecule has 5 nitrogen and oxygen atoms in total. The van der Waals surface area contributed by atoms with Crippen molar-refractivity contribution in [1.29, 1.82) is 5.26 Å². The van der Waals surface area contributed by atoms with Gasteiger partial charge in [-0.3, -0.25) is 0 Å². The summed E-state index contributed by atoms with van der Waals surface area (Å²) in [7, 11) is 0. The van der Waals surface area contributed by atoms with E-state index in [1.54, 1.807) is 0 Å². The predicted molar refractivity (Wildman–Crippen MR) is 112 cm³/mol. The van der Waals surface area contributed by atoms with Crippen LogP contribution in [0.15, 0.2) is 48.8 Å². The van der Waals surface area contributed by atoms with E-state index in [9.17, 15) is 0 Å². The van der Waals surface area contributed by atoms with Crippen molar-refractivity contribution in [3.8, 4) is 17.5 Å². The maximum atomic E-state index is 8.84. The number of nitrogens with zero attached hydrogens (tertiary/aromatic N) is 4. The lowest BCUT2D eigenvalue weighted by Gasteiger charge is -2.26. The van der Waals surface area contributed by atoms with Gasteiger partial charge in [-0.25, -0.2) is 9.97 Å². The molecule has 0 saturated heterocycles. The van der Waals surface area contributed by atoms with Gasteiger partial charge in [-0.05, 0) is 36.6 Å². The third-order valence-electron chi connectivity index (χ3n) is 5.67. The summed E-state index contributed by atoms with van der Waals surface area (Å²) in [6.45, 7) is 0. The molecule has 1 saturated carbocycles. The fourth-order valence-electron chi connectivity index (χ4n) is 4.41. The second-order valence-electron chi connectivity index (χ2n) is 7.42. The minimum Gasteiger partial charge on any atom is -0.346 e. The topological polar surface area (TPSA) is 70.3 Å². The summed E-state index contributed by atoms with van der Waals surface area (Å²) in [6, 6.07) is 12.9. The molecule has 0 unspecified atom stereocenters. The lowest BCUT2D eigenvalue weighted by Crippen LogP contribution is -2.14. The molecule has 138 valence electrons. The van der Waals surface area contributed by atoms with Crippen molar-refractivity contribution >= 4 is 28.1 Å². The first kappa shape index (κ1) is 16.8. The number of nitrogens with one attached hydrogen (secondary N) is 1. The number of imidazole rings is 1. The smallest absolute Gasteiger partial charge is 0.141 e. The Morgan fingerprint density at radius 2 is 2.07 bits per heavy atom. The van der Waals surface area contributed by atoms with E-state index in [0.29, 0.717) is 6.04 Å². The number of hydrogen-bond acceptors (Lipinski definition) is 3. The van der Waals surface area contributed by atoms with Gasteiger partial charge >= 0.3 is 0 Å². The number of pyridine rings is 1. The molecule has 1 aliphatic rings. The highest BCUT2D eigenvalue weighted by Gasteiger charge is 2.24. The molecule has 1 aliphatic carbocycles. The summed E-state index contributed by atoms with van der Waals surface area (Å²) < 4.78 is 2.44. The highest BCUT2D eigenvalue weighted by atomic mass is 15.1. The van der Waals surface area contributed by atoms with E-state index in [1.165, 1.54) is 43.7 Å². The Bertz CT molecular complexity index is 1210. The third kappa shape index (κ3) is 2.78. The second-order valence-corrected chi connectivity index (χ2v) is 7.42. The van der Waals surface area contributed by atoms with Crippen LogP contribution >= 0.6 is 0 Å². The Morgan fingerprint density at radius 3 is 2.93 bits per heavy atom. The number of fused-ring (bicyclic) bond motifs is 3. The van der Waals surface area contributed by atoms with Crippen LogP contribution in [-0.2, 0) is 0 Å². The molecule has 4 aromatic rings. The van der Waals surface area contributed by atoms with Gasteiger partial charge in [0.15, 0.2) is 0 Å². The van der Waals surface area contributed by atoms with Crippen LogP contribution in [0.25, 0.3) is 39.5 Å². The number of hydrogen-bond donors (Lipinski definition) is 1. The van der Waals surface area contributed by atoms with Gasteiger partial charge in [0.25, 0.3) is 0 Å². The first-order valence-corrected chi connectivity index (χ1v) is 9.86. The average Bonchev–Trinajstić information content (AvgIpc) is 3.37. The molecule has 1 aromatic carbocycles. The highest BCUT2D eigenvalue weighted by Crippen LogP contribution is 2.38. The lowest BCUT2D eigenvalue weighted by molar-refractivity contribution is 0.362. The van der Waals surface area contributed by atoms with E-state index in [1.807, 2.05) is 30.6 Å². The van der Waals surface area contributed by atoms with Crippen molar-refractivity contribution in [1.82, 2.24) is 19.5 Å². The lowest BCUT2D eigenvalue weighted by atomic mass is 9.94. The molecule has 3 heterocycles. The fraction of sp³-hybridized carbons (Fsp3) is 0.261. The molecule has 0 amide bonds. The van der Waals surface area contributed by atoms with Crippen LogP contribution in [0.4, 0.5) is 0 Å². The number of benzene rings is 1. The van der Waals surface area contributed by atoms with Crippen LogP contribution < -0.4 is 0 Å². The van der Waals surface area contributed by atoms with Gasteiger partial charge < -0.3 is 9.55 Å². The Hall–Kier alpha value is -3.39. The van der Waals surface area contributed by atoms with E-state index < -0.39 is 0 Å². The van der Waals surface area contributed by atoms with E-state index in [0.717, 1.165) is 33.5 Å². The van der Waals surface area contributed by atoms with E-state index in [-0.39, 0.29) is 0 Å². The van der Waals surface area contributed by atoms with Crippen molar-refractivity contribution in [2.75, 3.05) is 0 Å². The zero-order valence-corrected chi connectivity index (χ0v) is 15.6. The van der Waals surface area contributed by atoms with Crippen molar-refractivity contribution in [2.24, 2.45) is 0 Å². The largest absolute Gasteiger partial charge is 0.346 e. The normalized spacial score (nSPS) is 15.5. The SMILES string of the molecule is N#C/C=C/c1cccc(-c2nc3cnc4[nH]ccc4c3n2C2CCCCC2)c1. The summed E-state index contributed by atoms with van der Waals surface area (Å²) >= 11 is 0. The maximum absolute atomic E-state index is 8.84. The van der Waals surface area contributed by atoms with Crippen molar-refractivity contribution in [3.63, 3.8) is 0 Å². The van der Waals surface area contributed by atoms with Gasteiger partial charge in [0.05, 0.1) is 17.8 Å². The molecular formula is C23H21N5. The van der Waals surface area contributed by atoms with Gasteiger partial charge in [-0.1, -0.05) is 37.5 Å². The second kappa shape index (κ2) is 6.97. The standard InChI is InChI=1S/C23H21N5/c24-12-5-7-16-6-4-8-17(14-16)23-27-20-15-26-22-19(11-13-25-22)21(20)28(23)18-9-2-1-3-10-18/h4-8,11,13-15,18H,1-3,9-10H2,(H,25,26)/b7-5+. The molecule has 5 rings (SSSR count). The zero-order chi connectivity index (χ0) is 18.9. The van der Waals surface area contributed by atoms with Gasteiger partial charge in [0, 0.05) is 29.3 Å². The molecule has 0 spiro atoms.